The Bertz CT molecular complexity index is 1090. The van der Waals surface area contributed by atoms with Crippen LogP contribution in [0.3, 0.4) is 0 Å². The average molecular weight is 332 g/mol. The maximum atomic E-state index is 6.17. The van der Waals surface area contributed by atoms with Gasteiger partial charge in [0.15, 0.2) is 0 Å². The number of hydrogen-bond acceptors (Lipinski definition) is 4. The van der Waals surface area contributed by atoms with Gasteiger partial charge in [-0.3, -0.25) is 0 Å². The summed E-state index contributed by atoms with van der Waals surface area (Å²) in [5, 5.41) is 5.41. The molecule has 3 heterocycles. The first kappa shape index (κ1) is 14.3. The molecule has 1 aliphatic carbocycles. The maximum Gasteiger partial charge on any atom is 0.231 e. The molecule has 3 N–H and O–H groups in total. The fourth-order valence-electron chi connectivity index (χ4n) is 3.56. The van der Waals surface area contributed by atoms with Crippen molar-refractivity contribution in [1.29, 1.82) is 0 Å². The normalized spacial score (nSPS) is 14.9. The van der Waals surface area contributed by atoms with Gasteiger partial charge < -0.3 is 20.2 Å². The second kappa shape index (κ2) is 5.24. The number of aryl methyl sites for hydroxylation is 1. The summed E-state index contributed by atoms with van der Waals surface area (Å²) in [6.45, 7) is 0. The van der Waals surface area contributed by atoms with E-state index in [1.54, 1.807) is 0 Å². The van der Waals surface area contributed by atoms with Crippen LogP contribution in [0.15, 0.2) is 42.7 Å². The van der Waals surface area contributed by atoms with Crippen molar-refractivity contribution in [3.8, 4) is 0 Å². The van der Waals surface area contributed by atoms with Crippen LogP contribution in [0.5, 0.6) is 0 Å². The van der Waals surface area contributed by atoms with Crippen molar-refractivity contribution >= 4 is 39.4 Å². The van der Waals surface area contributed by atoms with Crippen molar-refractivity contribution in [2.75, 3.05) is 11.1 Å². The molecule has 25 heavy (non-hydrogen) atoms. The van der Waals surface area contributed by atoms with Crippen LogP contribution in [0.2, 0.25) is 0 Å². The predicted octanol–water partition coefficient (Wildman–Crippen LogP) is 3.97. The Kier molecular flexibility index (Phi) is 3.00. The third-order valence-electron chi connectivity index (χ3n) is 5.21. The van der Waals surface area contributed by atoms with Gasteiger partial charge in [-0.05, 0) is 49.6 Å². The second-order valence-electron chi connectivity index (χ2n) is 6.80. The minimum atomic E-state index is 0.520. The van der Waals surface area contributed by atoms with Crippen LogP contribution in [0.4, 0.5) is 17.5 Å². The molecule has 0 unspecified atom stereocenters. The molecule has 6 nitrogen and oxygen atoms in total. The van der Waals surface area contributed by atoms with Gasteiger partial charge >= 0.3 is 0 Å². The molecule has 126 valence electrons. The Morgan fingerprint density at radius 3 is 2.80 bits per heavy atom. The molecule has 0 radical (unpaired) electrons. The molecule has 0 atom stereocenters. The van der Waals surface area contributed by atoms with Gasteiger partial charge in [0.25, 0.3) is 0 Å². The van der Waals surface area contributed by atoms with Gasteiger partial charge in [-0.2, -0.15) is 9.97 Å². The van der Waals surface area contributed by atoms with E-state index >= 15 is 0 Å². The van der Waals surface area contributed by atoms with E-state index in [9.17, 15) is 0 Å². The van der Waals surface area contributed by atoms with Crippen LogP contribution in [-0.4, -0.2) is 19.1 Å². The zero-order valence-electron chi connectivity index (χ0n) is 14.1. The summed E-state index contributed by atoms with van der Waals surface area (Å²) in [6.07, 6.45) is 7.84. The molecule has 0 bridgehead atoms. The number of nitrogens with one attached hydrogen (secondary N) is 1. The van der Waals surface area contributed by atoms with Gasteiger partial charge in [-0.15, -0.1) is 0 Å². The second-order valence-corrected chi connectivity index (χ2v) is 6.80. The lowest BCUT2D eigenvalue weighted by atomic mass is 9.93. The smallest absolute Gasteiger partial charge is 0.231 e. The molecule has 0 aliphatic heterocycles. The van der Waals surface area contributed by atoms with Gasteiger partial charge in [-0.25, -0.2) is 0 Å². The van der Waals surface area contributed by atoms with Crippen molar-refractivity contribution in [2.45, 2.75) is 25.3 Å². The molecule has 6 heteroatoms. The molecule has 1 aliphatic rings. The van der Waals surface area contributed by atoms with Crippen LogP contribution >= 0.6 is 0 Å². The SMILES string of the molecule is Cn1ccc2cc(Nc3nc(N)c4ccn(C5CCC5)c4n3)ccc21. The van der Waals surface area contributed by atoms with Gasteiger partial charge in [0, 0.05) is 42.1 Å². The van der Waals surface area contributed by atoms with Crippen LogP contribution in [0.25, 0.3) is 21.9 Å². The molecule has 5 rings (SSSR count). The van der Waals surface area contributed by atoms with Crippen molar-refractivity contribution < 1.29 is 0 Å². The molecule has 1 aromatic carbocycles. The lowest BCUT2D eigenvalue weighted by Gasteiger charge is -2.27. The summed E-state index contributed by atoms with van der Waals surface area (Å²) < 4.78 is 4.34. The lowest BCUT2D eigenvalue weighted by Crippen LogP contribution is -2.16. The van der Waals surface area contributed by atoms with Gasteiger partial charge in [0.05, 0.1) is 5.39 Å². The van der Waals surface area contributed by atoms with Crippen molar-refractivity contribution in [2.24, 2.45) is 7.05 Å². The zero-order valence-corrected chi connectivity index (χ0v) is 14.1. The first-order valence-corrected chi connectivity index (χ1v) is 8.65. The van der Waals surface area contributed by atoms with Crippen molar-refractivity contribution in [1.82, 2.24) is 19.1 Å². The number of fused-ring (bicyclic) bond motifs is 2. The van der Waals surface area contributed by atoms with E-state index in [0.717, 1.165) is 16.7 Å². The van der Waals surface area contributed by atoms with Crippen LogP contribution in [0.1, 0.15) is 25.3 Å². The Balaban J connectivity index is 1.54. The molecule has 0 spiro atoms. The summed E-state index contributed by atoms with van der Waals surface area (Å²) >= 11 is 0. The van der Waals surface area contributed by atoms with E-state index in [4.69, 9.17) is 10.7 Å². The van der Waals surface area contributed by atoms with Gasteiger partial charge in [0.1, 0.15) is 11.5 Å². The lowest BCUT2D eigenvalue weighted by molar-refractivity contribution is 0.320. The number of rotatable bonds is 3. The van der Waals surface area contributed by atoms with E-state index in [2.05, 4.69) is 50.0 Å². The number of nitrogens with zero attached hydrogens (tertiary/aromatic N) is 4. The van der Waals surface area contributed by atoms with E-state index in [1.165, 1.54) is 30.2 Å². The highest BCUT2D eigenvalue weighted by Crippen LogP contribution is 2.35. The Morgan fingerprint density at radius 2 is 2.00 bits per heavy atom. The minimum absolute atomic E-state index is 0.520. The van der Waals surface area contributed by atoms with E-state index in [-0.39, 0.29) is 0 Å². The fraction of sp³-hybridized carbons (Fsp3) is 0.263. The van der Waals surface area contributed by atoms with Crippen LogP contribution in [-0.2, 0) is 7.05 Å². The Morgan fingerprint density at radius 1 is 1.12 bits per heavy atom. The summed E-state index contributed by atoms with van der Waals surface area (Å²) in [7, 11) is 2.04. The number of anilines is 3. The summed E-state index contributed by atoms with van der Waals surface area (Å²) in [5.41, 5.74) is 9.24. The third kappa shape index (κ3) is 2.25. The number of hydrogen-bond donors (Lipinski definition) is 2. The van der Waals surface area contributed by atoms with Crippen molar-refractivity contribution in [3.63, 3.8) is 0 Å². The monoisotopic (exact) mass is 332 g/mol. The first-order chi connectivity index (χ1) is 12.2. The molecule has 1 saturated carbocycles. The Hall–Kier alpha value is -3.02. The summed E-state index contributed by atoms with van der Waals surface area (Å²) in [5.74, 6) is 1.06. The summed E-state index contributed by atoms with van der Waals surface area (Å²) in [4.78, 5) is 9.17. The zero-order chi connectivity index (χ0) is 17.0. The highest BCUT2D eigenvalue weighted by molar-refractivity contribution is 5.88. The standard InChI is InChI=1S/C19H20N6/c1-24-9-7-12-11-13(5-6-16(12)24)21-19-22-17(20)15-8-10-25(18(15)23-19)14-3-2-4-14/h5-11,14H,2-4H2,1H3,(H3,20,21,22,23). The van der Waals surface area contributed by atoms with Crippen LogP contribution in [0, 0.1) is 0 Å². The van der Waals surface area contributed by atoms with E-state index in [1.807, 2.05) is 19.2 Å². The molecule has 4 aromatic rings. The number of nitrogens with two attached hydrogens (primary N) is 1. The number of nitrogen functional groups attached to an aromatic ring is 1. The number of aromatic nitrogens is 4. The largest absolute Gasteiger partial charge is 0.383 e. The first-order valence-electron chi connectivity index (χ1n) is 8.65. The molecular weight excluding hydrogens is 312 g/mol. The van der Waals surface area contributed by atoms with Crippen molar-refractivity contribution in [3.05, 3.63) is 42.7 Å². The van der Waals surface area contributed by atoms with Crippen LogP contribution < -0.4 is 11.1 Å². The molecule has 3 aromatic heterocycles. The van der Waals surface area contributed by atoms with Gasteiger partial charge in [0.2, 0.25) is 5.95 Å². The maximum absolute atomic E-state index is 6.17. The quantitative estimate of drug-likeness (QED) is 0.595. The fourth-order valence-corrected chi connectivity index (χ4v) is 3.56. The topological polar surface area (TPSA) is 73.7 Å². The minimum Gasteiger partial charge on any atom is -0.383 e. The van der Waals surface area contributed by atoms with E-state index in [0.29, 0.717) is 17.8 Å². The summed E-state index contributed by atoms with van der Waals surface area (Å²) in [6, 6.07) is 10.9. The highest BCUT2D eigenvalue weighted by atomic mass is 15.2. The van der Waals surface area contributed by atoms with Gasteiger partial charge in [-0.1, -0.05) is 0 Å². The molecule has 1 fully saturated rings. The third-order valence-corrected chi connectivity index (χ3v) is 5.21. The molecule has 0 amide bonds. The Labute approximate surface area is 145 Å². The molecular formula is C19H20N6. The number of benzene rings is 1. The highest BCUT2D eigenvalue weighted by Gasteiger charge is 2.22. The predicted molar refractivity (Wildman–Crippen MR) is 101 cm³/mol. The van der Waals surface area contributed by atoms with E-state index < -0.39 is 0 Å². The average Bonchev–Trinajstić information content (AvgIpc) is 3.11. The molecule has 0 saturated heterocycles.